The molecule has 2 aliphatic heterocycles. The molecular weight excluding hydrogens is 217 g/mol. The molecule has 2 heterocycles. The number of nitriles is 1. The standard InChI is InChI=1S/C13H14FN3/c14-12-1-9(4-15)2-13(3-12)17-7-10-5-16-6-11(10)8-17/h1-3,10-11,16H,5-8H2/t10-,11+. The fourth-order valence-corrected chi connectivity index (χ4v) is 2.89. The Morgan fingerprint density at radius 2 is 1.94 bits per heavy atom. The predicted molar refractivity (Wildman–Crippen MR) is 63.2 cm³/mol. The van der Waals surface area contributed by atoms with E-state index in [9.17, 15) is 4.39 Å². The van der Waals surface area contributed by atoms with Crippen LogP contribution >= 0.6 is 0 Å². The van der Waals surface area contributed by atoms with Gasteiger partial charge in [0.05, 0.1) is 11.6 Å². The number of hydrogen-bond donors (Lipinski definition) is 1. The molecule has 2 atom stereocenters. The summed E-state index contributed by atoms with van der Waals surface area (Å²) in [4.78, 5) is 2.19. The monoisotopic (exact) mass is 231 g/mol. The lowest BCUT2D eigenvalue weighted by molar-refractivity contribution is 0.533. The van der Waals surface area contributed by atoms with Crippen molar-refractivity contribution in [3.63, 3.8) is 0 Å². The topological polar surface area (TPSA) is 39.1 Å². The summed E-state index contributed by atoms with van der Waals surface area (Å²) in [6.45, 7) is 4.04. The van der Waals surface area contributed by atoms with E-state index in [2.05, 4.69) is 10.2 Å². The van der Waals surface area contributed by atoms with Gasteiger partial charge in [-0.3, -0.25) is 0 Å². The Morgan fingerprint density at radius 1 is 1.24 bits per heavy atom. The molecule has 0 bridgehead atoms. The number of halogens is 1. The van der Waals surface area contributed by atoms with E-state index < -0.39 is 0 Å². The van der Waals surface area contributed by atoms with Gasteiger partial charge in [-0.05, 0) is 30.0 Å². The maximum Gasteiger partial charge on any atom is 0.126 e. The van der Waals surface area contributed by atoms with Gasteiger partial charge < -0.3 is 10.2 Å². The van der Waals surface area contributed by atoms with Gasteiger partial charge in [0.15, 0.2) is 0 Å². The maximum absolute atomic E-state index is 13.4. The third kappa shape index (κ3) is 1.87. The highest BCUT2D eigenvalue weighted by Crippen LogP contribution is 2.31. The molecule has 0 unspecified atom stereocenters. The minimum atomic E-state index is -0.325. The first kappa shape index (κ1) is 10.5. The fraction of sp³-hybridized carbons (Fsp3) is 0.462. The molecule has 0 amide bonds. The van der Waals surface area contributed by atoms with Crippen LogP contribution in [0.2, 0.25) is 0 Å². The first-order valence-corrected chi connectivity index (χ1v) is 5.92. The molecule has 0 radical (unpaired) electrons. The summed E-state index contributed by atoms with van der Waals surface area (Å²) in [6.07, 6.45) is 0. The number of nitrogens with one attached hydrogen (secondary N) is 1. The van der Waals surface area contributed by atoms with Crippen LogP contribution < -0.4 is 10.2 Å². The SMILES string of the molecule is N#Cc1cc(F)cc(N2C[C@H]3CNC[C@H]3C2)c1. The Hall–Kier alpha value is -1.60. The second-order valence-corrected chi connectivity index (χ2v) is 4.89. The van der Waals surface area contributed by atoms with E-state index in [1.807, 2.05) is 6.07 Å². The van der Waals surface area contributed by atoms with Crippen molar-refractivity contribution in [1.82, 2.24) is 5.32 Å². The van der Waals surface area contributed by atoms with Crippen molar-refractivity contribution in [3.8, 4) is 6.07 Å². The molecule has 1 N–H and O–H groups in total. The smallest absolute Gasteiger partial charge is 0.126 e. The summed E-state index contributed by atoms with van der Waals surface area (Å²) in [5.74, 6) is 1.02. The highest BCUT2D eigenvalue weighted by molar-refractivity contribution is 5.53. The molecule has 17 heavy (non-hydrogen) atoms. The zero-order valence-corrected chi connectivity index (χ0v) is 9.49. The van der Waals surface area contributed by atoms with Crippen LogP contribution in [0.25, 0.3) is 0 Å². The summed E-state index contributed by atoms with van der Waals surface area (Å²) in [6, 6.07) is 6.58. The largest absolute Gasteiger partial charge is 0.371 e. The Labute approximate surface area is 99.8 Å². The lowest BCUT2D eigenvalue weighted by Crippen LogP contribution is -2.25. The molecule has 2 aliphatic rings. The summed E-state index contributed by atoms with van der Waals surface area (Å²) >= 11 is 0. The highest BCUT2D eigenvalue weighted by Gasteiger charge is 2.36. The summed E-state index contributed by atoms with van der Waals surface area (Å²) in [5.41, 5.74) is 1.24. The van der Waals surface area contributed by atoms with Gasteiger partial charge in [-0.15, -0.1) is 0 Å². The normalized spacial score (nSPS) is 26.9. The third-order valence-electron chi connectivity index (χ3n) is 3.77. The maximum atomic E-state index is 13.4. The third-order valence-corrected chi connectivity index (χ3v) is 3.77. The van der Waals surface area contributed by atoms with Crippen LogP contribution in [0.4, 0.5) is 10.1 Å². The van der Waals surface area contributed by atoms with Crippen molar-refractivity contribution in [1.29, 1.82) is 5.26 Å². The molecule has 1 aromatic carbocycles. The summed E-state index contributed by atoms with van der Waals surface area (Å²) in [7, 11) is 0. The van der Waals surface area contributed by atoms with Crippen molar-refractivity contribution >= 4 is 5.69 Å². The lowest BCUT2D eigenvalue weighted by atomic mass is 10.0. The number of anilines is 1. The van der Waals surface area contributed by atoms with Gasteiger partial charge in [-0.2, -0.15) is 5.26 Å². The Bertz CT molecular complexity index is 468. The zero-order valence-electron chi connectivity index (χ0n) is 9.49. The molecule has 2 fully saturated rings. The van der Waals surface area contributed by atoms with Crippen LogP contribution in [0.15, 0.2) is 18.2 Å². The van der Waals surface area contributed by atoms with E-state index in [1.165, 1.54) is 12.1 Å². The van der Waals surface area contributed by atoms with E-state index in [0.29, 0.717) is 17.4 Å². The Balaban J connectivity index is 1.86. The second kappa shape index (κ2) is 4.01. The average molecular weight is 231 g/mol. The summed E-state index contributed by atoms with van der Waals surface area (Å²) in [5, 5.41) is 12.2. The van der Waals surface area contributed by atoms with Crippen LogP contribution in [-0.2, 0) is 0 Å². The zero-order chi connectivity index (χ0) is 11.8. The molecule has 0 aliphatic carbocycles. The van der Waals surface area contributed by atoms with E-state index >= 15 is 0 Å². The minimum absolute atomic E-state index is 0.325. The van der Waals surface area contributed by atoms with E-state index in [1.54, 1.807) is 6.07 Å². The number of hydrogen-bond acceptors (Lipinski definition) is 3. The van der Waals surface area contributed by atoms with Gasteiger partial charge in [0.2, 0.25) is 0 Å². The average Bonchev–Trinajstić information content (AvgIpc) is 2.88. The fourth-order valence-electron chi connectivity index (χ4n) is 2.89. The predicted octanol–water partition coefficient (Wildman–Crippen LogP) is 1.35. The molecular formula is C13H14FN3. The highest BCUT2D eigenvalue weighted by atomic mass is 19.1. The quantitative estimate of drug-likeness (QED) is 0.793. The van der Waals surface area contributed by atoms with Crippen molar-refractivity contribution in [2.45, 2.75) is 0 Å². The molecule has 1 aromatic rings. The first-order valence-electron chi connectivity index (χ1n) is 5.92. The number of fused-ring (bicyclic) bond motifs is 1. The van der Waals surface area contributed by atoms with E-state index in [-0.39, 0.29) is 5.82 Å². The molecule has 4 heteroatoms. The molecule has 3 nitrogen and oxygen atoms in total. The molecule has 2 saturated heterocycles. The van der Waals surface area contributed by atoms with Crippen LogP contribution in [-0.4, -0.2) is 26.2 Å². The van der Waals surface area contributed by atoms with Crippen LogP contribution in [0, 0.1) is 29.0 Å². The molecule has 3 rings (SSSR count). The molecule has 0 saturated carbocycles. The number of nitrogens with zero attached hydrogens (tertiary/aromatic N) is 2. The second-order valence-electron chi connectivity index (χ2n) is 4.89. The first-order chi connectivity index (χ1) is 8.26. The lowest BCUT2D eigenvalue weighted by Gasteiger charge is -2.20. The van der Waals surface area contributed by atoms with Crippen molar-refractivity contribution in [2.24, 2.45) is 11.8 Å². The number of rotatable bonds is 1. The van der Waals surface area contributed by atoms with Crippen molar-refractivity contribution in [3.05, 3.63) is 29.6 Å². The Kier molecular flexibility index (Phi) is 2.49. The van der Waals surface area contributed by atoms with Crippen LogP contribution in [0.1, 0.15) is 5.56 Å². The van der Waals surface area contributed by atoms with Gasteiger partial charge in [0, 0.05) is 31.9 Å². The van der Waals surface area contributed by atoms with E-state index in [4.69, 9.17) is 5.26 Å². The van der Waals surface area contributed by atoms with E-state index in [0.717, 1.165) is 31.9 Å². The van der Waals surface area contributed by atoms with Crippen molar-refractivity contribution in [2.75, 3.05) is 31.1 Å². The number of benzene rings is 1. The van der Waals surface area contributed by atoms with Crippen LogP contribution in [0.3, 0.4) is 0 Å². The molecule has 0 aromatic heterocycles. The van der Waals surface area contributed by atoms with Crippen molar-refractivity contribution < 1.29 is 4.39 Å². The van der Waals surface area contributed by atoms with Crippen LogP contribution in [0.5, 0.6) is 0 Å². The molecule has 0 spiro atoms. The molecule has 88 valence electrons. The van der Waals surface area contributed by atoms with Gasteiger partial charge in [-0.25, -0.2) is 4.39 Å². The minimum Gasteiger partial charge on any atom is -0.371 e. The van der Waals surface area contributed by atoms with Gasteiger partial charge in [0.1, 0.15) is 5.82 Å². The Morgan fingerprint density at radius 3 is 2.59 bits per heavy atom. The van der Waals surface area contributed by atoms with Gasteiger partial charge in [-0.1, -0.05) is 0 Å². The van der Waals surface area contributed by atoms with Gasteiger partial charge in [0.25, 0.3) is 0 Å². The summed E-state index contributed by atoms with van der Waals surface area (Å²) < 4.78 is 13.4. The van der Waals surface area contributed by atoms with Gasteiger partial charge >= 0.3 is 0 Å².